The summed E-state index contributed by atoms with van der Waals surface area (Å²) in [5.74, 6) is -2.93. The molecule has 0 radical (unpaired) electrons. The summed E-state index contributed by atoms with van der Waals surface area (Å²) in [6.45, 7) is 2.03. The first kappa shape index (κ1) is 33.5. The third-order valence-corrected chi connectivity index (χ3v) is 4.05. The minimum Gasteiger partial charge on any atom is -0.475 e. The van der Waals surface area contributed by atoms with Gasteiger partial charge in [0.05, 0.1) is 17.7 Å². The number of hydrogen-bond donors (Lipinski definition) is 11. The molecule has 0 aromatic heterocycles. The van der Waals surface area contributed by atoms with E-state index in [1.165, 1.54) is 0 Å². The van der Waals surface area contributed by atoms with Crippen LogP contribution in [0.2, 0.25) is 0 Å². The van der Waals surface area contributed by atoms with Crippen molar-refractivity contribution in [2.75, 3.05) is 20.2 Å². The number of aliphatic hydroxyl groups is 7. The van der Waals surface area contributed by atoms with Crippen molar-refractivity contribution in [1.82, 2.24) is 5.32 Å². The van der Waals surface area contributed by atoms with E-state index in [1.54, 1.807) is 7.05 Å². The van der Waals surface area contributed by atoms with Crippen LogP contribution in [-0.4, -0.2) is 85.7 Å². The third-order valence-electron chi connectivity index (χ3n) is 4.05. The Morgan fingerprint density at radius 3 is 2.08 bits per heavy atom. The maximum Gasteiger partial charge on any atom is 0.430 e. The quantitative estimate of drug-likeness (QED) is 0.0905. The van der Waals surface area contributed by atoms with Crippen LogP contribution in [0.25, 0.3) is 6.08 Å². The summed E-state index contributed by atoms with van der Waals surface area (Å²) in [6, 6.07) is 1.03. The number of nitrogens with two attached hydrogens (primary N) is 1. The van der Waals surface area contributed by atoms with E-state index in [4.69, 9.17) is 16.2 Å². The minimum absolute atomic E-state index is 0.233. The molecular weight excluding hydrogens is 507 g/mol. The third kappa shape index (κ3) is 9.54. The van der Waals surface area contributed by atoms with Crippen molar-refractivity contribution in [2.24, 2.45) is 5.90 Å². The molecule has 0 saturated heterocycles. The molecule has 1 aromatic rings. The molecule has 1 aliphatic rings. The first-order chi connectivity index (χ1) is 16.5. The highest BCUT2D eigenvalue weighted by Crippen LogP contribution is 2.43. The van der Waals surface area contributed by atoms with Gasteiger partial charge in [-0.1, -0.05) is 0 Å². The lowest BCUT2D eigenvalue weighted by Gasteiger charge is -2.31. The fraction of sp³-hybridized carbons (Fsp3) is 0.500. The van der Waals surface area contributed by atoms with Gasteiger partial charge in [-0.2, -0.15) is 13.2 Å². The lowest BCUT2D eigenvalue weighted by molar-refractivity contribution is -0.670. The van der Waals surface area contributed by atoms with Crippen molar-refractivity contribution in [1.29, 1.82) is 0 Å². The largest absolute Gasteiger partial charge is 0.475 e. The molecule has 0 spiro atoms. The van der Waals surface area contributed by atoms with Gasteiger partial charge in [-0.05, 0) is 32.2 Å². The van der Waals surface area contributed by atoms with Crippen molar-refractivity contribution in [3.63, 3.8) is 0 Å². The van der Waals surface area contributed by atoms with Gasteiger partial charge in [-0.3, -0.25) is 4.84 Å². The van der Waals surface area contributed by atoms with Gasteiger partial charge in [0.1, 0.15) is 5.75 Å². The van der Waals surface area contributed by atoms with Gasteiger partial charge in [0.25, 0.3) is 0 Å². The molecule has 2 rings (SSSR count). The predicted octanol–water partition coefficient (Wildman–Crippen LogP) is -3.84. The zero-order valence-corrected chi connectivity index (χ0v) is 18.9. The normalized spacial score (nSPS) is 16.2. The molecule has 0 amide bonds. The number of halogens is 3. The van der Waals surface area contributed by atoms with Gasteiger partial charge in [0.15, 0.2) is 0 Å². The summed E-state index contributed by atoms with van der Waals surface area (Å²) in [7, 11) is 1.80. The number of fused-ring (bicyclic) bond motifs is 1. The SMILES string of the molecule is CC(ON)OC(=O)C1=Cc2cc(C(O)(O)O)cc(C(O)(O)O)c2OC1C(F)(F)F.CNCCO.[NH3+]O. The van der Waals surface area contributed by atoms with E-state index in [9.17, 15) is 48.6 Å². The Balaban J connectivity index is 0.00000156. The van der Waals surface area contributed by atoms with Crippen LogP contribution < -0.4 is 21.8 Å². The molecule has 1 aliphatic heterocycles. The summed E-state index contributed by atoms with van der Waals surface area (Å²) in [4.78, 5) is 16.2. The fourth-order valence-corrected chi connectivity index (χ4v) is 2.52. The predicted molar refractivity (Wildman–Crippen MR) is 108 cm³/mol. The average Bonchev–Trinajstić information content (AvgIpc) is 2.77. The van der Waals surface area contributed by atoms with Gasteiger partial charge < -0.3 is 50.5 Å². The van der Waals surface area contributed by atoms with Crippen LogP contribution in [0.4, 0.5) is 13.2 Å². The van der Waals surface area contributed by atoms with Gasteiger partial charge in [0, 0.05) is 17.7 Å². The molecule has 36 heavy (non-hydrogen) atoms. The molecule has 14 N–H and O–H groups in total. The van der Waals surface area contributed by atoms with Crippen molar-refractivity contribution in [3.05, 3.63) is 34.4 Å². The zero-order chi connectivity index (χ0) is 28.5. The van der Waals surface area contributed by atoms with Crippen molar-refractivity contribution < 1.29 is 79.1 Å². The second-order valence-electron chi connectivity index (χ2n) is 6.79. The number of likely N-dealkylation sites (N-methyl/N-ethyl adjacent to an activating group) is 1. The van der Waals surface area contributed by atoms with E-state index in [2.05, 4.69) is 25.5 Å². The summed E-state index contributed by atoms with van der Waals surface area (Å²) in [5, 5.41) is 73.6. The first-order valence-corrected chi connectivity index (χ1v) is 9.59. The topological polar surface area (TPSA) is 272 Å². The highest BCUT2D eigenvalue weighted by atomic mass is 19.4. The van der Waals surface area contributed by atoms with E-state index in [1.807, 2.05) is 0 Å². The van der Waals surface area contributed by atoms with Crippen molar-refractivity contribution in [3.8, 4) is 5.75 Å². The van der Waals surface area contributed by atoms with Crippen LogP contribution in [0.3, 0.4) is 0 Å². The Morgan fingerprint density at radius 2 is 1.72 bits per heavy atom. The number of ether oxygens (including phenoxy) is 2. The number of alkyl halides is 3. The fourth-order valence-electron chi connectivity index (χ4n) is 2.52. The Morgan fingerprint density at radius 1 is 1.17 bits per heavy atom. The number of carbonyl (C=O) groups excluding carboxylic acids is 1. The van der Waals surface area contributed by atoms with E-state index in [0.29, 0.717) is 24.8 Å². The molecule has 2 unspecified atom stereocenters. The highest BCUT2D eigenvalue weighted by Gasteiger charge is 2.50. The Bertz CT molecular complexity index is 883. The van der Waals surface area contributed by atoms with Crippen LogP contribution in [0.5, 0.6) is 5.75 Å². The van der Waals surface area contributed by atoms with Gasteiger partial charge in [-0.25, -0.2) is 21.8 Å². The second kappa shape index (κ2) is 13.7. The first-order valence-electron chi connectivity index (χ1n) is 9.59. The van der Waals surface area contributed by atoms with Crippen LogP contribution >= 0.6 is 0 Å². The molecule has 2 atom stereocenters. The van der Waals surface area contributed by atoms with Crippen LogP contribution in [0, 0.1) is 0 Å². The molecule has 208 valence electrons. The maximum atomic E-state index is 13.4. The maximum absolute atomic E-state index is 13.4. The summed E-state index contributed by atoms with van der Waals surface area (Å²) < 4.78 is 49.5. The smallest absolute Gasteiger partial charge is 0.430 e. The summed E-state index contributed by atoms with van der Waals surface area (Å²) in [5.41, 5.74) is -3.78. The van der Waals surface area contributed by atoms with Crippen LogP contribution in [0.1, 0.15) is 23.6 Å². The number of carbonyl (C=O) groups is 1. The van der Waals surface area contributed by atoms with E-state index < -0.39 is 64.5 Å². The second-order valence-corrected chi connectivity index (χ2v) is 6.79. The number of benzene rings is 1. The van der Waals surface area contributed by atoms with Gasteiger partial charge >= 0.3 is 24.1 Å². The molecule has 0 bridgehead atoms. The number of rotatable bonds is 7. The number of nitrogens with one attached hydrogen (secondary N) is 1. The van der Waals surface area contributed by atoms with Crippen LogP contribution in [-0.2, 0) is 26.3 Å². The van der Waals surface area contributed by atoms with Crippen molar-refractivity contribution in [2.45, 2.75) is 37.4 Å². The van der Waals surface area contributed by atoms with Crippen molar-refractivity contribution >= 4 is 12.0 Å². The Kier molecular flexibility index (Phi) is 12.8. The lowest BCUT2D eigenvalue weighted by Crippen LogP contribution is -2.42. The molecular formula is C18H29F3N3O12+. The van der Waals surface area contributed by atoms with E-state index in [0.717, 1.165) is 6.92 Å². The lowest BCUT2D eigenvalue weighted by atomic mass is 9.95. The highest BCUT2D eigenvalue weighted by molar-refractivity contribution is 5.96. The monoisotopic (exact) mass is 536 g/mol. The number of esters is 1. The molecule has 0 fully saturated rings. The zero-order valence-electron chi connectivity index (χ0n) is 18.9. The molecule has 18 heteroatoms. The minimum atomic E-state index is -5.21. The molecule has 0 aliphatic carbocycles. The van der Waals surface area contributed by atoms with Crippen LogP contribution in [0.15, 0.2) is 17.7 Å². The molecule has 1 heterocycles. The summed E-state index contributed by atoms with van der Waals surface area (Å²) >= 11 is 0. The number of aliphatic hydroxyl groups excluding tert-OH is 1. The Hall–Kier alpha value is -2.46. The van der Waals surface area contributed by atoms with E-state index >= 15 is 0 Å². The van der Waals surface area contributed by atoms with Gasteiger partial charge in [-0.15, -0.1) is 0 Å². The number of hydrogen-bond acceptors (Lipinski definition) is 14. The molecule has 1 aromatic carbocycles. The summed E-state index contributed by atoms with van der Waals surface area (Å²) in [6.07, 6.45) is -9.10. The average molecular weight is 536 g/mol. The Labute approximate surface area is 201 Å². The van der Waals surface area contributed by atoms with E-state index in [-0.39, 0.29) is 6.61 Å². The standard InChI is InChI=1S/C15H16F3NO10.C3H9NO.H4NO/c1-5(29-19)27-12(20)8-3-6-2-7(14(21,22)23)4-9(15(24,25)26)10(6)28-11(8)13(16,17)18;1-4-2-3-5;1-2/h2-5,11,21-26H,19H2,1H3;4-5H,2-3H2,1H3;2H,1H3/q;;+1. The molecule has 15 nitrogen and oxygen atoms in total. The van der Waals surface area contributed by atoms with Gasteiger partial charge in [0.2, 0.25) is 12.4 Å². The molecule has 0 saturated carbocycles. The number of quaternary nitrogens is 1.